The van der Waals surface area contributed by atoms with E-state index in [9.17, 15) is 14.4 Å². The summed E-state index contributed by atoms with van der Waals surface area (Å²) in [5.41, 5.74) is 2.49. The number of carboxylic acid groups (broad SMARTS) is 1. The quantitative estimate of drug-likeness (QED) is 0.385. The first kappa shape index (κ1) is 20.9. The highest BCUT2D eigenvalue weighted by Crippen LogP contribution is 2.35. The van der Waals surface area contributed by atoms with Crippen molar-refractivity contribution in [2.75, 3.05) is 6.61 Å². The molecule has 1 aromatic heterocycles. The van der Waals surface area contributed by atoms with E-state index in [1.54, 1.807) is 24.3 Å². The van der Waals surface area contributed by atoms with E-state index < -0.39 is 24.1 Å². The Kier molecular flexibility index (Phi) is 6.71. The second-order valence-electron chi connectivity index (χ2n) is 6.16. The molecule has 28 heavy (non-hydrogen) atoms. The smallest absolute Gasteiger partial charge is 0.341 e. The number of ketones is 2. The molecule has 0 aliphatic heterocycles. The van der Waals surface area contributed by atoms with Crippen LogP contribution in [0.5, 0.6) is 5.75 Å². The fraction of sp³-hybridized carbons (Fsp3) is 0.227. The highest BCUT2D eigenvalue weighted by molar-refractivity contribution is 6.45. The molecule has 1 aromatic carbocycles. The Labute approximate surface area is 163 Å². The van der Waals surface area contributed by atoms with Gasteiger partial charge in [-0.3, -0.25) is 9.59 Å². The predicted octanol–water partition coefficient (Wildman–Crippen LogP) is 3.74. The van der Waals surface area contributed by atoms with E-state index in [1.807, 2.05) is 23.6 Å². The molecule has 0 aliphatic rings. The molecule has 1 N–H and O–H groups in total. The van der Waals surface area contributed by atoms with Crippen molar-refractivity contribution in [3.8, 4) is 5.75 Å². The minimum Gasteiger partial charge on any atom is -0.481 e. The molecule has 0 atom stereocenters. The van der Waals surface area contributed by atoms with Crippen LogP contribution in [0.15, 0.2) is 55.2 Å². The van der Waals surface area contributed by atoms with Crippen LogP contribution < -0.4 is 4.74 Å². The number of allylic oxidation sites excluding steroid dienone is 4. The summed E-state index contributed by atoms with van der Waals surface area (Å²) in [4.78, 5) is 35.6. The third kappa shape index (κ3) is 4.11. The molecule has 0 unspecified atom stereocenters. The summed E-state index contributed by atoms with van der Waals surface area (Å²) in [6, 6.07) is 5.13. The molecule has 6 nitrogen and oxygen atoms in total. The van der Waals surface area contributed by atoms with E-state index in [4.69, 9.17) is 9.84 Å². The first-order valence-corrected chi connectivity index (χ1v) is 8.83. The largest absolute Gasteiger partial charge is 0.481 e. The molecule has 2 rings (SSSR count). The van der Waals surface area contributed by atoms with Gasteiger partial charge in [0, 0.05) is 19.2 Å². The first-order valence-electron chi connectivity index (χ1n) is 8.83. The SMILES string of the molecule is C=C/C=C(\C=C)Cn1c(CC)c(C(=O)C(C)=O)c2c(OCC(=O)O)cccc21. The molecule has 1 heterocycles. The van der Waals surface area contributed by atoms with Gasteiger partial charge in [-0.15, -0.1) is 0 Å². The van der Waals surface area contributed by atoms with Crippen LogP contribution in [0.1, 0.15) is 29.9 Å². The van der Waals surface area contributed by atoms with Crippen molar-refractivity contribution in [3.05, 3.63) is 66.4 Å². The van der Waals surface area contributed by atoms with Gasteiger partial charge in [-0.05, 0) is 24.1 Å². The maximum absolute atomic E-state index is 12.7. The average molecular weight is 381 g/mol. The first-order chi connectivity index (χ1) is 13.3. The van der Waals surface area contributed by atoms with Gasteiger partial charge in [0.05, 0.1) is 16.5 Å². The molecular formula is C22H23NO5. The molecular weight excluding hydrogens is 358 g/mol. The molecule has 0 saturated heterocycles. The number of rotatable bonds is 10. The Bertz CT molecular complexity index is 994. The highest BCUT2D eigenvalue weighted by atomic mass is 16.5. The van der Waals surface area contributed by atoms with Crippen molar-refractivity contribution < 1.29 is 24.2 Å². The maximum atomic E-state index is 12.7. The lowest BCUT2D eigenvalue weighted by Gasteiger charge is -2.11. The number of aliphatic carboxylic acids is 1. The number of Topliss-reactive ketones (excluding diaryl/α,β-unsaturated/α-hetero) is 2. The van der Waals surface area contributed by atoms with Crippen molar-refractivity contribution >= 4 is 28.4 Å². The highest BCUT2D eigenvalue weighted by Gasteiger charge is 2.26. The number of benzene rings is 1. The Morgan fingerprint density at radius 3 is 2.50 bits per heavy atom. The Morgan fingerprint density at radius 1 is 1.25 bits per heavy atom. The number of ether oxygens (including phenoxy) is 1. The predicted molar refractivity (Wildman–Crippen MR) is 108 cm³/mol. The third-order valence-electron chi connectivity index (χ3n) is 4.33. The summed E-state index contributed by atoms with van der Waals surface area (Å²) in [5.74, 6) is -2.09. The Morgan fingerprint density at radius 2 is 1.96 bits per heavy atom. The van der Waals surface area contributed by atoms with Crippen LogP contribution in [0.3, 0.4) is 0 Å². The summed E-state index contributed by atoms with van der Waals surface area (Å²) in [7, 11) is 0. The Hall–Kier alpha value is -3.41. The van der Waals surface area contributed by atoms with Crippen LogP contribution in [0.2, 0.25) is 0 Å². The van der Waals surface area contributed by atoms with E-state index in [1.165, 1.54) is 6.92 Å². The maximum Gasteiger partial charge on any atom is 0.341 e. The van der Waals surface area contributed by atoms with Gasteiger partial charge in [-0.2, -0.15) is 0 Å². The topological polar surface area (TPSA) is 85.6 Å². The van der Waals surface area contributed by atoms with Gasteiger partial charge >= 0.3 is 5.97 Å². The number of carbonyl (C=O) groups is 3. The van der Waals surface area contributed by atoms with Crippen LogP contribution in [-0.4, -0.2) is 33.8 Å². The lowest BCUT2D eigenvalue weighted by molar-refractivity contribution is -0.139. The third-order valence-corrected chi connectivity index (χ3v) is 4.33. The minimum absolute atomic E-state index is 0.255. The molecule has 6 heteroatoms. The lowest BCUT2D eigenvalue weighted by atomic mass is 10.0. The van der Waals surface area contributed by atoms with Gasteiger partial charge in [-0.25, -0.2) is 4.79 Å². The standard InChI is InChI=1S/C22H23NO5/c1-5-9-15(6-2)12-23-16(7-3)21(22(27)14(4)24)20-17(23)10-8-11-18(20)28-13-19(25)26/h5-6,8-11H,1-2,7,12-13H2,3-4H3,(H,25,26)/b15-9+. The Balaban J connectivity index is 2.84. The summed E-state index contributed by atoms with van der Waals surface area (Å²) >= 11 is 0. The van der Waals surface area contributed by atoms with Gasteiger partial charge < -0.3 is 14.4 Å². The number of hydrogen-bond donors (Lipinski definition) is 1. The molecule has 2 aromatic rings. The van der Waals surface area contributed by atoms with Crippen LogP contribution >= 0.6 is 0 Å². The van der Waals surface area contributed by atoms with Crippen molar-refractivity contribution in [2.24, 2.45) is 0 Å². The zero-order valence-corrected chi connectivity index (χ0v) is 16.0. The van der Waals surface area contributed by atoms with E-state index in [2.05, 4.69) is 13.2 Å². The van der Waals surface area contributed by atoms with E-state index in [0.717, 1.165) is 5.57 Å². The van der Waals surface area contributed by atoms with Gasteiger partial charge in [0.25, 0.3) is 0 Å². The fourth-order valence-corrected chi connectivity index (χ4v) is 3.17. The molecule has 0 amide bonds. The molecule has 0 spiro atoms. The van der Waals surface area contributed by atoms with Crippen LogP contribution in [0.4, 0.5) is 0 Å². The number of nitrogens with zero attached hydrogens (tertiary/aromatic N) is 1. The van der Waals surface area contributed by atoms with E-state index >= 15 is 0 Å². The van der Waals surface area contributed by atoms with Crippen molar-refractivity contribution in [1.29, 1.82) is 0 Å². The zero-order valence-electron chi connectivity index (χ0n) is 16.0. The monoisotopic (exact) mass is 381 g/mol. The lowest BCUT2D eigenvalue weighted by Crippen LogP contribution is -2.14. The zero-order chi connectivity index (χ0) is 20.8. The second-order valence-corrected chi connectivity index (χ2v) is 6.16. The molecule has 0 fully saturated rings. The van der Waals surface area contributed by atoms with Crippen molar-refractivity contribution in [1.82, 2.24) is 4.57 Å². The van der Waals surface area contributed by atoms with Crippen molar-refractivity contribution in [2.45, 2.75) is 26.8 Å². The number of hydrogen-bond acceptors (Lipinski definition) is 4. The van der Waals surface area contributed by atoms with Gasteiger partial charge in [0.1, 0.15) is 5.75 Å². The summed E-state index contributed by atoms with van der Waals surface area (Å²) in [5, 5.41) is 9.40. The number of fused-ring (bicyclic) bond motifs is 1. The number of aromatic nitrogens is 1. The minimum atomic E-state index is -1.13. The second kappa shape index (κ2) is 8.99. The van der Waals surface area contributed by atoms with Crippen LogP contribution in [0, 0.1) is 0 Å². The van der Waals surface area contributed by atoms with E-state index in [-0.39, 0.29) is 11.3 Å². The number of carbonyl (C=O) groups excluding carboxylic acids is 2. The molecule has 146 valence electrons. The summed E-state index contributed by atoms with van der Waals surface area (Å²) in [6.07, 6.45) is 5.66. The van der Waals surface area contributed by atoms with Crippen LogP contribution in [-0.2, 0) is 22.6 Å². The summed E-state index contributed by atoms with van der Waals surface area (Å²) < 4.78 is 7.34. The van der Waals surface area contributed by atoms with Crippen molar-refractivity contribution in [3.63, 3.8) is 0 Å². The van der Waals surface area contributed by atoms with Gasteiger partial charge in [-0.1, -0.05) is 44.4 Å². The fourth-order valence-electron chi connectivity index (χ4n) is 3.17. The van der Waals surface area contributed by atoms with Gasteiger partial charge in [0.2, 0.25) is 5.78 Å². The van der Waals surface area contributed by atoms with Gasteiger partial charge in [0.15, 0.2) is 12.4 Å². The summed E-state index contributed by atoms with van der Waals surface area (Å²) in [6.45, 7) is 10.5. The molecule has 0 aliphatic carbocycles. The van der Waals surface area contributed by atoms with E-state index in [0.29, 0.717) is 29.6 Å². The van der Waals surface area contributed by atoms with Crippen LogP contribution in [0.25, 0.3) is 10.9 Å². The number of carboxylic acids is 1. The molecule has 0 radical (unpaired) electrons. The molecule has 0 bridgehead atoms. The molecule has 0 saturated carbocycles. The normalized spacial score (nSPS) is 11.3. The average Bonchev–Trinajstić information content (AvgIpc) is 2.98.